The Bertz CT molecular complexity index is 3630. The van der Waals surface area contributed by atoms with E-state index in [1.165, 1.54) is 27.8 Å². The van der Waals surface area contributed by atoms with Crippen LogP contribution in [0.4, 0.5) is 0 Å². The number of nitrogens with zero attached hydrogens (tertiary/aromatic N) is 4. The molecule has 4 heterocycles. The number of para-hydroxylation sites is 2. The maximum absolute atomic E-state index is 8.10. The summed E-state index contributed by atoms with van der Waals surface area (Å²) in [7, 11) is 0. The molecule has 5 nitrogen and oxygen atoms in total. The third-order valence-corrected chi connectivity index (χ3v) is 12.4. The van der Waals surface area contributed by atoms with Gasteiger partial charge >= 0.3 is 0 Å². The smallest absolute Gasteiger partial charge is 0.216 e. The molecule has 6 heteroatoms. The maximum atomic E-state index is 8.10. The Morgan fingerprint density at radius 2 is 1.41 bits per heavy atom. The van der Waals surface area contributed by atoms with Gasteiger partial charge in [-0.25, -0.2) is 4.98 Å². The number of benzene rings is 7. The van der Waals surface area contributed by atoms with Crippen LogP contribution >= 0.6 is 0 Å². The Labute approximate surface area is 405 Å². The zero-order valence-electron chi connectivity index (χ0n) is 41.2. The molecule has 0 N–H and O–H groups in total. The molecule has 0 aliphatic rings. The molecule has 0 atom stereocenters. The molecule has 329 valence electrons. The molecule has 7 aromatic carbocycles. The number of rotatable bonds is 6. The summed E-state index contributed by atoms with van der Waals surface area (Å²) in [6.45, 7) is 13.4. The monoisotopic (exact) mass is 1040 g/mol. The van der Waals surface area contributed by atoms with E-state index in [1.54, 1.807) is 12.1 Å². The fraction of sp³-hybridized carbons (Fsp3) is 0.183. The molecule has 11 rings (SSSR count). The zero-order valence-corrected chi connectivity index (χ0v) is 40.6. The number of pyridine rings is 2. The van der Waals surface area contributed by atoms with Crippen LogP contribution < -0.4 is 0 Å². The van der Waals surface area contributed by atoms with E-state index in [0.717, 1.165) is 60.9 Å². The minimum Gasteiger partial charge on any atom is -0.486 e. The number of imidazole rings is 1. The molecule has 11 aromatic rings. The summed E-state index contributed by atoms with van der Waals surface area (Å²) in [5.41, 5.74) is 14.3. The first-order valence-corrected chi connectivity index (χ1v) is 22.4. The van der Waals surface area contributed by atoms with Crippen molar-refractivity contribution in [3.05, 3.63) is 192 Å². The van der Waals surface area contributed by atoms with Crippen LogP contribution in [-0.4, -0.2) is 19.5 Å². The average Bonchev–Trinajstić information content (AvgIpc) is 3.91. The largest absolute Gasteiger partial charge is 0.486 e. The third-order valence-electron chi connectivity index (χ3n) is 12.4. The van der Waals surface area contributed by atoms with E-state index >= 15 is 0 Å². The molecule has 0 amide bonds. The maximum Gasteiger partial charge on any atom is 0.216 e. The molecule has 0 saturated heterocycles. The summed E-state index contributed by atoms with van der Waals surface area (Å²) in [6, 6.07) is 57.7. The molecule has 66 heavy (non-hydrogen) atoms. The molecule has 0 bridgehead atoms. The molecule has 4 aromatic heterocycles. The van der Waals surface area contributed by atoms with E-state index in [-0.39, 0.29) is 37.4 Å². The van der Waals surface area contributed by atoms with E-state index in [0.29, 0.717) is 27.8 Å². The number of furan rings is 1. The number of aryl methyl sites for hydroxylation is 1. The molecule has 0 fully saturated rings. The third kappa shape index (κ3) is 8.14. The topological polar surface area (TPSA) is 56.7 Å². The first-order chi connectivity index (χ1) is 32.7. The second kappa shape index (κ2) is 17.9. The van der Waals surface area contributed by atoms with Gasteiger partial charge in [0.25, 0.3) is 0 Å². The van der Waals surface area contributed by atoms with Crippen molar-refractivity contribution in [3.8, 4) is 39.5 Å². The van der Waals surface area contributed by atoms with Gasteiger partial charge in [-0.2, -0.15) is 0 Å². The minimum atomic E-state index is -2.24. The van der Waals surface area contributed by atoms with Crippen LogP contribution in [0, 0.1) is 19.0 Å². The van der Waals surface area contributed by atoms with Crippen LogP contribution in [0.25, 0.3) is 94.2 Å². The first-order valence-electron chi connectivity index (χ1n) is 23.9. The molecular weight excluding hydrogens is 985 g/mol. The summed E-state index contributed by atoms with van der Waals surface area (Å²) >= 11 is 0. The zero-order chi connectivity index (χ0) is 47.5. The van der Waals surface area contributed by atoms with Crippen LogP contribution in [0.2, 0.25) is 0 Å². The Morgan fingerprint density at radius 1 is 0.652 bits per heavy atom. The van der Waals surface area contributed by atoms with Crippen molar-refractivity contribution in [2.75, 3.05) is 0 Å². The van der Waals surface area contributed by atoms with Crippen molar-refractivity contribution < 1.29 is 28.6 Å². The summed E-state index contributed by atoms with van der Waals surface area (Å²) in [6.07, 6.45) is 1.87. The van der Waals surface area contributed by atoms with E-state index in [9.17, 15) is 0 Å². The predicted molar refractivity (Wildman–Crippen MR) is 271 cm³/mol. The van der Waals surface area contributed by atoms with Gasteiger partial charge in [0.05, 0.1) is 28.0 Å². The van der Waals surface area contributed by atoms with E-state index in [4.69, 9.17) is 18.5 Å². The van der Waals surface area contributed by atoms with Crippen LogP contribution in [-0.2, 0) is 25.5 Å². The molecule has 0 aliphatic carbocycles. The molecule has 0 aliphatic heterocycles. The SMILES string of the molecule is CC(C)(C)c1ccnc(-c2[c-]cccc2)c1.[2H]C([2H])([2H])c1cccc2c1ccc1cc3c(nc12)oc1c(-c2nc4ccccc4n2-c2c(C(C)C)cc(-c4ccccc4)cc2C(C)C)[c-]ccc13.[Ir]. The Balaban J connectivity index is 0.000000296. The van der Waals surface area contributed by atoms with Gasteiger partial charge < -0.3 is 14.0 Å². The van der Waals surface area contributed by atoms with Gasteiger partial charge in [0.15, 0.2) is 0 Å². The summed E-state index contributed by atoms with van der Waals surface area (Å²) in [4.78, 5) is 14.7. The van der Waals surface area contributed by atoms with Gasteiger partial charge in [-0.15, -0.1) is 54.1 Å². The van der Waals surface area contributed by atoms with Crippen LogP contribution in [0.1, 0.15) is 86.7 Å². The standard InChI is InChI=1S/C45H36N3O.C15H16N.Ir/c1-26(2)36-24-31(29-14-7-6-8-15-29)25-37(27(3)4)42(36)48-40-20-10-9-19-39(40)46-44(48)35-18-12-17-34-38-23-30-21-22-32-28(5)13-11-16-33(32)41(30)47-45(38)49-43(34)35;1-15(2,3)13-9-10-16-14(11-13)12-7-5-4-6-8-12;/h6-17,19-27H,1-5H3;4-7,9-11H,1-3H3;/q2*-1;/i5D3;;. The van der Waals surface area contributed by atoms with Crippen molar-refractivity contribution in [1.29, 1.82) is 0 Å². The quantitative estimate of drug-likeness (QED) is 0.123. The van der Waals surface area contributed by atoms with Gasteiger partial charge in [0.1, 0.15) is 0 Å². The number of hydrogen-bond acceptors (Lipinski definition) is 4. The van der Waals surface area contributed by atoms with Crippen LogP contribution in [0.15, 0.2) is 162 Å². The predicted octanol–water partition coefficient (Wildman–Crippen LogP) is 16.2. The van der Waals surface area contributed by atoms with Crippen LogP contribution in [0.5, 0.6) is 0 Å². The van der Waals surface area contributed by atoms with E-state index < -0.39 is 6.85 Å². The molecule has 1 radical (unpaired) electrons. The molecule has 0 unspecified atom stereocenters. The number of hydrogen-bond donors (Lipinski definition) is 0. The normalized spacial score (nSPS) is 12.7. The fourth-order valence-electron chi connectivity index (χ4n) is 8.95. The summed E-state index contributed by atoms with van der Waals surface area (Å²) in [5, 5.41) is 4.16. The van der Waals surface area contributed by atoms with E-state index in [1.807, 2.05) is 66.9 Å². The molecule has 0 saturated carbocycles. The van der Waals surface area contributed by atoms with Crippen LogP contribution in [0.3, 0.4) is 0 Å². The van der Waals surface area contributed by atoms with E-state index in [2.05, 4.69) is 149 Å². The van der Waals surface area contributed by atoms with Crippen molar-refractivity contribution >= 4 is 54.8 Å². The van der Waals surface area contributed by atoms with Gasteiger partial charge in [0, 0.05) is 52.3 Å². The summed E-state index contributed by atoms with van der Waals surface area (Å²) in [5.74, 6) is 1.21. The molecular formula is C60H52IrN4O-2. The van der Waals surface area contributed by atoms with Crippen molar-refractivity contribution in [2.45, 2.75) is 72.6 Å². The minimum absolute atomic E-state index is 0. The fourth-order valence-corrected chi connectivity index (χ4v) is 8.95. The average molecular weight is 1040 g/mol. The Hall–Kier alpha value is -6.72. The Morgan fingerprint density at radius 3 is 2.14 bits per heavy atom. The first kappa shape index (κ1) is 40.8. The second-order valence-corrected chi connectivity index (χ2v) is 18.5. The number of aromatic nitrogens is 4. The van der Waals surface area contributed by atoms with Crippen molar-refractivity contribution in [1.82, 2.24) is 19.5 Å². The molecule has 0 spiro atoms. The summed E-state index contributed by atoms with van der Waals surface area (Å²) < 4.78 is 33.3. The van der Waals surface area contributed by atoms with Gasteiger partial charge in [-0.1, -0.05) is 138 Å². The Kier molecular flexibility index (Phi) is 11.1. The second-order valence-electron chi connectivity index (χ2n) is 18.5. The van der Waals surface area contributed by atoms with Gasteiger partial charge in [-0.05, 0) is 105 Å². The van der Waals surface area contributed by atoms with Gasteiger partial charge in [0.2, 0.25) is 5.71 Å². The number of fused-ring (bicyclic) bond motifs is 7. The van der Waals surface area contributed by atoms with Crippen molar-refractivity contribution in [2.24, 2.45) is 0 Å². The van der Waals surface area contributed by atoms with Gasteiger partial charge in [-0.3, -0.25) is 4.98 Å². The van der Waals surface area contributed by atoms with Crippen molar-refractivity contribution in [3.63, 3.8) is 0 Å².